The summed E-state index contributed by atoms with van der Waals surface area (Å²) in [6, 6.07) is 6.88. The highest BCUT2D eigenvalue weighted by atomic mass is 19.1. The highest BCUT2D eigenvalue weighted by Gasteiger charge is 2.36. The molecule has 1 aliphatic heterocycles. The molecule has 1 fully saturated rings. The molecule has 86 valence electrons. The number of ketones is 1. The van der Waals surface area contributed by atoms with E-state index in [9.17, 15) is 9.18 Å². The van der Waals surface area contributed by atoms with Crippen molar-refractivity contribution in [2.45, 2.75) is 25.4 Å². The lowest BCUT2D eigenvalue weighted by Gasteiger charge is -2.31. The largest absolute Gasteiger partial charge is 0.378 e. The predicted molar refractivity (Wildman–Crippen MR) is 59.3 cm³/mol. The Balaban J connectivity index is 2.42. The Morgan fingerprint density at radius 2 is 2.19 bits per heavy atom. The standard InChI is InChI=1S/C13H15FO2/c1-10(15)11-5-2-3-6-12(11)13(14)7-4-8-16-9-13/h2-3,5-6H,4,7-9H2,1H3. The van der Waals surface area contributed by atoms with Gasteiger partial charge in [0.05, 0.1) is 6.61 Å². The SMILES string of the molecule is CC(=O)c1ccccc1C1(F)CCCOC1. The van der Waals surface area contributed by atoms with Crippen LogP contribution >= 0.6 is 0 Å². The molecule has 1 heterocycles. The number of alkyl halides is 1. The third-order valence-electron chi connectivity index (χ3n) is 2.98. The maximum atomic E-state index is 14.6. The number of hydrogen-bond acceptors (Lipinski definition) is 2. The Morgan fingerprint density at radius 1 is 1.44 bits per heavy atom. The molecule has 1 aliphatic rings. The fourth-order valence-electron chi connectivity index (χ4n) is 2.15. The van der Waals surface area contributed by atoms with E-state index in [1.807, 2.05) is 0 Å². The summed E-state index contributed by atoms with van der Waals surface area (Å²) < 4.78 is 19.8. The predicted octanol–water partition coefficient (Wildman–Crippen LogP) is 2.86. The molecule has 1 saturated heterocycles. The Hall–Kier alpha value is -1.22. The molecule has 3 heteroatoms. The van der Waals surface area contributed by atoms with Crippen LogP contribution < -0.4 is 0 Å². The summed E-state index contributed by atoms with van der Waals surface area (Å²) in [6.07, 6.45) is 1.13. The highest BCUT2D eigenvalue weighted by Crippen LogP contribution is 2.36. The van der Waals surface area contributed by atoms with E-state index >= 15 is 0 Å². The van der Waals surface area contributed by atoms with E-state index in [4.69, 9.17) is 4.74 Å². The molecule has 1 atom stereocenters. The lowest BCUT2D eigenvalue weighted by atomic mass is 9.86. The van der Waals surface area contributed by atoms with Crippen LogP contribution in [0.2, 0.25) is 0 Å². The molecule has 0 aromatic heterocycles. The minimum absolute atomic E-state index is 0.0529. The van der Waals surface area contributed by atoms with E-state index < -0.39 is 5.67 Å². The van der Waals surface area contributed by atoms with Gasteiger partial charge in [-0.2, -0.15) is 0 Å². The Labute approximate surface area is 94.4 Å². The lowest BCUT2D eigenvalue weighted by molar-refractivity contribution is -0.0350. The first kappa shape index (κ1) is 11.3. The van der Waals surface area contributed by atoms with Crippen LogP contribution in [0.3, 0.4) is 0 Å². The first-order chi connectivity index (χ1) is 7.63. The number of ether oxygens (including phenoxy) is 1. The Bertz CT molecular complexity index is 395. The quantitative estimate of drug-likeness (QED) is 0.719. The van der Waals surface area contributed by atoms with Crippen molar-refractivity contribution in [2.75, 3.05) is 13.2 Å². The van der Waals surface area contributed by atoms with Gasteiger partial charge in [-0.3, -0.25) is 4.79 Å². The zero-order chi connectivity index (χ0) is 11.6. The normalized spacial score (nSPS) is 25.4. The summed E-state index contributed by atoms with van der Waals surface area (Å²) in [5.74, 6) is -0.0989. The van der Waals surface area contributed by atoms with Crippen LogP contribution in [-0.4, -0.2) is 19.0 Å². The van der Waals surface area contributed by atoms with Gasteiger partial charge in [0.2, 0.25) is 0 Å². The number of rotatable bonds is 2. The van der Waals surface area contributed by atoms with E-state index in [0.717, 1.165) is 0 Å². The van der Waals surface area contributed by atoms with Crippen molar-refractivity contribution >= 4 is 5.78 Å². The second-order valence-corrected chi connectivity index (χ2v) is 4.22. The first-order valence-corrected chi connectivity index (χ1v) is 5.50. The number of hydrogen-bond donors (Lipinski definition) is 0. The zero-order valence-electron chi connectivity index (χ0n) is 9.33. The molecule has 0 N–H and O–H groups in total. The maximum absolute atomic E-state index is 14.6. The van der Waals surface area contributed by atoms with Crippen LogP contribution in [0.1, 0.15) is 35.7 Å². The van der Waals surface area contributed by atoms with Crippen molar-refractivity contribution in [3.63, 3.8) is 0 Å². The van der Waals surface area contributed by atoms with E-state index in [2.05, 4.69) is 0 Å². The molecular weight excluding hydrogens is 207 g/mol. The molecule has 0 amide bonds. The molecule has 0 radical (unpaired) electrons. The van der Waals surface area contributed by atoms with Crippen molar-refractivity contribution in [2.24, 2.45) is 0 Å². The molecular formula is C13H15FO2. The molecule has 16 heavy (non-hydrogen) atoms. The molecule has 0 saturated carbocycles. The summed E-state index contributed by atoms with van der Waals surface area (Å²) >= 11 is 0. The summed E-state index contributed by atoms with van der Waals surface area (Å²) in [5, 5.41) is 0. The topological polar surface area (TPSA) is 26.3 Å². The van der Waals surface area contributed by atoms with E-state index in [0.29, 0.717) is 30.6 Å². The number of benzene rings is 1. The van der Waals surface area contributed by atoms with Crippen molar-refractivity contribution in [1.82, 2.24) is 0 Å². The monoisotopic (exact) mass is 222 g/mol. The second-order valence-electron chi connectivity index (χ2n) is 4.22. The van der Waals surface area contributed by atoms with Crippen molar-refractivity contribution in [3.8, 4) is 0 Å². The summed E-state index contributed by atoms with van der Waals surface area (Å²) in [5.41, 5.74) is -0.557. The fraction of sp³-hybridized carbons (Fsp3) is 0.462. The van der Waals surface area contributed by atoms with Gasteiger partial charge in [-0.25, -0.2) is 4.39 Å². The van der Waals surface area contributed by atoms with Crippen molar-refractivity contribution < 1.29 is 13.9 Å². The van der Waals surface area contributed by atoms with Gasteiger partial charge in [-0.05, 0) is 19.8 Å². The van der Waals surface area contributed by atoms with Crippen LogP contribution in [0.15, 0.2) is 24.3 Å². The molecule has 1 aromatic carbocycles. The smallest absolute Gasteiger partial charge is 0.160 e. The molecule has 2 rings (SSSR count). The van der Waals surface area contributed by atoms with E-state index in [1.54, 1.807) is 24.3 Å². The Kier molecular flexibility index (Phi) is 3.06. The van der Waals surface area contributed by atoms with Crippen LogP contribution in [-0.2, 0) is 10.4 Å². The van der Waals surface area contributed by atoms with Gasteiger partial charge in [-0.1, -0.05) is 24.3 Å². The first-order valence-electron chi connectivity index (χ1n) is 5.50. The van der Waals surface area contributed by atoms with Crippen molar-refractivity contribution in [1.29, 1.82) is 0 Å². The summed E-state index contributed by atoms with van der Waals surface area (Å²) in [4.78, 5) is 11.4. The molecule has 0 spiro atoms. The molecule has 0 bridgehead atoms. The number of halogens is 1. The Morgan fingerprint density at radius 3 is 2.81 bits per heavy atom. The fourth-order valence-corrected chi connectivity index (χ4v) is 2.15. The average Bonchev–Trinajstić information content (AvgIpc) is 2.30. The van der Waals surface area contributed by atoms with E-state index in [-0.39, 0.29) is 12.4 Å². The van der Waals surface area contributed by atoms with Crippen LogP contribution in [0.4, 0.5) is 4.39 Å². The van der Waals surface area contributed by atoms with Crippen LogP contribution in [0, 0.1) is 0 Å². The average molecular weight is 222 g/mol. The number of carbonyl (C=O) groups is 1. The minimum Gasteiger partial charge on any atom is -0.378 e. The molecule has 1 aromatic rings. The molecule has 1 unspecified atom stereocenters. The highest BCUT2D eigenvalue weighted by molar-refractivity contribution is 5.95. The minimum atomic E-state index is -1.50. The third kappa shape index (κ3) is 2.00. The van der Waals surface area contributed by atoms with Crippen LogP contribution in [0.5, 0.6) is 0 Å². The summed E-state index contributed by atoms with van der Waals surface area (Å²) in [6.45, 7) is 2.12. The number of Topliss-reactive ketones (excluding diaryl/α,β-unsaturated/α-hetero) is 1. The molecule has 0 aliphatic carbocycles. The van der Waals surface area contributed by atoms with E-state index in [1.165, 1.54) is 6.92 Å². The third-order valence-corrected chi connectivity index (χ3v) is 2.98. The summed E-state index contributed by atoms with van der Waals surface area (Å²) in [7, 11) is 0. The zero-order valence-corrected chi connectivity index (χ0v) is 9.33. The lowest BCUT2D eigenvalue weighted by Crippen LogP contribution is -2.33. The van der Waals surface area contributed by atoms with Gasteiger partial charge in [0, 0.05) is 17.7 Å². The molecule has 2 nitrogen and oxygen atoms in total. The van der Waals surface area contributed by atoms with Crippen molar-refractivity contribution in [3.05, 3.63) is 35.4 Å². The maximum Gasteiger partial charge on any atom is 0.160 e. The van der Waals surface area contributed by atoms with Crippen LogP contribution in [0.25, 0.3) is 0 Å². The van der Waals surface area contributed by atoms with Gasteiger partial charge >= 0.3 is 0 Å². The number of carbonyl (C=O) groups excluding carboxylic acids is 1. The van der Waals surface area contributed by atoms with Gasteiger partial charge in [0.25, 0.3) is 0 Å². The van der Waals surface area contributed by atoms with Gasteiger partial charge in [0.1, 0.15) is 0 Å². The van der Waals surface area contributed by atoms with Gasteiger partial charge in [-0.15, -0.1) is 0 Å². The second kappa shape index (κ2) is 4.34. The van der Waals surface area contributed by atoms with Gasteiger partial charge < -0.3 is 4.74 Å². The van der Waals surface area contributed by atoms with Gasteiger partial charge in [0.15, 0.2) is 11.5 Å².